The second kappa shape index (κ2) is 10.3. The third kappa shape index (κ3) is 5.88. The molecule has 0 aliphatic heterocycles. The summed E-state index contributed by atoms with van der Waals surface area (Å²) in [5.41, 5.74) is 1.01. The molecule has 1 aromatic heterocycles. The molecule has 0 fully saturated rings. The Balaban J connectivity index is 1.64. The maximum atomic E-state index is 12.2. The number of hydrogen-bond acceptors (Lipinski definition) is 5. The Kier molecular flexibility index (Phi) is 7.53. The van der Waals surface area contributed by atoms with Gasteiger partial charge in [0.05, 0.1) is 23.4 Å². The van der Waals surface area contributed by atoms with Crippen LogP contribution in [0.3, 0.4) is 0 Å². The maximum absolute atomic E-state index is 12.2. The molecule has 0 unspecified atom stereocenters. The molecule has 0 aliphatic rings. The van der Waals surface area contributed by atoms with E-state index in [0.29, 0.717) is 38.6 Å². The van der Waals surface area contributed by atoms with Crippen LogP contribution in [0.5, 0.6) is 5.75 Å². The van der Waals surface area contributed by atoms with Gasteiger partial charge in [-0.3, -0.25) is 10.1 Å². The first-order chi connectivity index (χ1) is 15.3. The summed E-state index contributed by atoms with van der Waals surface area (Å²) < 4.78 is 10.9. The molecule has 10 heteroatoms. The number of aromatic carboxylic acids is 1. The Labute approximate surface area is 198 Å². The molecule has 164 valence electrons. The van der Waals surface area contributed by atoms with Gasteiger partial charge in [0.2, 0.25) is 5.91 Å². The molecule has 1 heterocycles. The summed E-state index contributed by atoms with van der Waals surface area (Å²) >= 11 is 17.2. The first kappa shape index (κ1) is 23.3. The topological polar surface area (TPSA) is 101 Å². The van der Waals surface area contributed by atoms with Crippen LogP contribution in [-0.4, -0.2) is 29.2 Å². The number of anilines is 1. The van der Waals surface area contributed by atoms with E-state index in [2.05, 4.69) is 10.6 Å². The van der Waals surface area contributed by atoms with Crippen molar-refractivity contribution in [3.63, 3.8) is 0 Å². The van der Waals surface area contributed by atoms with Crippen molar-refractivity contribution in [3.05, 3.63) is 76.0 Å². The van der Waals surface area contributed by atoms with Crippen LogP contribution >= 0.6 is 35.4 Å². The number of rotatable bonds is 6. The highest BCUT2D eigenvalue weighted by molar-refractivity contribution is 7.80. The molecule has 2 aromatic carbocycles. The Morgan fingerprint density at radius 3 is 2.59 bits per heavy atom. The number of ether oxygens (including phenoxy) is 1. The van der Waals surface area contributed by atoms with Crippen molar-refractivity contribution in [3.8, 4) is 17.1 Å². The number of carbonyl (C=O) groups excluding carboxylic acids is 1. The van der Waals surface area contributed by atoms with E-state index in [9.17, 15) is 9.59 Å². The quantitative estimate of drug-likeness (QED) is 0.310. The Morgan fingerprint density at radius 1 is 1.12 bits per heavy atom. The first-order valence-electron chi connectivity index (χ1n) is 9.03. The third-order valence-corrected chi connectivity index (χ3v) is 4.91. The molecule has 0 bridgehead atoms. The summed E-state index contributed by atoms with van der Waals surface area (Å²) in [5, 5.41) is 15.3. The SMILES string of the molecule is COc1ccc(C(=O)O)cc1NC(=S)NC(=O)/C=C/c1ccc(-c2ccc(Cl)cc2Cl)o1. The zero-order valence-corrected chi connectivity index (χ0v) is 18.8. The number of carboxylic acids is 1. The summed E-state index contributed by atoms with van der Waals surface area (Å²) in [5.74, 6) is -0.305. The van der Waals surface area contributed by atoms with Crippen molar-refractivity contribution in [1.82, 2.24) is 5.32 Å². The number of benzene rings is 2. The lowest BCUT2D eigenvalue weighted by atomic mass is 10.2. The van der Waals surface area contributed by atoms with E-state index in [1.54, 1.807) is 30.3 Å². The van der Waals surface area contributed by atoms with Gasteiger partial charge in [-0.25, -0.2) is 4.79 Å². The second-order valence-electron chi connectivity index (χ2n) is 6.32. The first-order valence-corrected chi connectivity index (χ1v) is 10.2. The van der Waals surface area contributed by atoms with Crippen LogP contribution < -0.4 is 15.4 Å². The highest BCUT2D eigenvalue weighted by Gasteiger charge is 2.12. The van der Waals surface area contributed by atoms with Crippen LogP contribution in [-0.2, 0) is 4.79 Å². The van der Waals surface area contributed by atoms with E-state index in [1.165, 1.54) is 37.5 Å². The fourth-order valence-electron chi connectivity index (χ4n) is 2.68. The van der Waals surface area contributed by atoms with Crippen molar-refractivity contribution in [2.24, 2.45) is 0 Å². The van der Waals surface area contributed by atoms with Crippen LogP contribution in [0, 0.1) is 0 Å². The molecule has 3 N–H and O–H groups in total. The summed E-state index contributed by atoms with van der Waals surface area (Å²) in [6, 6.07) is 12.7. The van der Waals surface area contributed by atoms with Crippen molar-refractivity contribution < 1.29 is 23.8 Å². The molecule has 0 spiro atoms. The average Bonchev–Trinajstić information content (AvgIpc) is 3.20. The predicted octanol–water partition coefficient (Wildman–Crippen LogP) is 5.49. The van der Waals surface area contributed by atoms with E-state index >= 15 is 0 Å². The van der Waals surface area contributed by atoms with Crippen molar-refractivity contribution in [2.45, 2.75) is 0 Å². The number of halogens is 2. The number of methoxy groups -OCH3 is 1. The highest BCUT2D eigenvalue weighted by Crippen LogP contribution is 2.31. The smallest absolute Gasteiger partial charge is 0.335 e. The molecule has 0 saturated heterocycles. The summed E-state index contributed by atoms with van der Waals surface area (Å²) in [4.78, 5) is 23.3. The van der Waals surface area contributed by atoms with Crippen LogP contribution in [0.4, 0.5) is 5.69 Å². The van der Waals surface area contributed by atoms with Crippen LogP contribution in [0.1, 0.15) is 16.1 Å². The van der Waals surface area contributed by atoms with E-state index in [4.69, 9.17) is 49.7 Å². The molecule has 3 rings (SSSR count). The van der Waals surface area contributed by atoms with Crippen molar-refractivity contribution in [2.75, 3.05) is 12.4 Å². The molecule has 3 aromatic rings. The number of furan rings is 1. The van der Waals surface area contributed by atoms with Gasteiger partial charge < -0.3 is 19.6 Å². The van der Waals surface area contributed by atoms with E-state index in [0.717, 1.165) is 0 Å². The number of nitrogens with one attached hydrogen (secondary N) is 2. The van der Waals surface area contributed by atoms with Crippen molar-refractivity contribution >= 4 is 64.2 Å². The Morgan fingerprint density at radius 2 is 1.91 bits per heavy atom. The average molecular weight is 491 g/mol. The van der Waals surface area contributed by atoms with Crippen LogP contribution in [0.25, 0.3) is 17.4 Å². The Bertz CT molecular complexity index is 1220. The van der Waals surface area contributed by atoms with Crippen LogP contribution in [0.2, 0.25) is 10.0 Å². The summed E-state index contributed by atoms with van der Waals surface area (Å²) in [6.45, 7) is 0. The highest BCUT2D eigenvalue weighted by atomic mass is 35.5. The largest absolute Gasteiger partial charge is 0.495 e. The second-order valence-corrected chi connectivity index (χ2v) is 7.57. The molecule has 0 radical (unpaired) electrons. The Hall–Kier alpha value is -3.33. The lowest BCUT2D eigenvalue weighted by Crippen LogP contribution is -2.33. The van der Waals surface area contributed by atoms with Gasteiger partial charge in [0, 0.05) is 16.7 Å². The summed E-state index contributed by atoms with van der Waals surface area (Å²) in [6.07, 6.45) is 2.71. The van der Waals surface area contributed by atoms with Gasteiger partial charge in [-0.05, 0) is 66.8 Å². The zero-order valence-electron chi connectivity index (χ0n) is 16.5. The number of amides is 1. The lowest BCUT2D eigenvalue weighted by molar-refractivity contribution is -0.115. The van der Waals surface area contributed by atoms with E-state index in [-0.39, 0.29) is 10.7 Å². The fourth-order valence-corrected chi connectivity index (χ4v) is 3.39. The van der Waals surface area contributed by atoms with E-state index < -0.39 is 11.9 Å². The number of carboxylic acid groups (broad SMARTS) is 1. The standard InChI is InChI=1S/C22H16Cl2N2O5S/c1-30-19-7-2-12(21(28)29)10-17(19)25-22(32)26-20(27)9-5-14-4-8-18(31-14)15-6-3-13(23)11-16(15)24/h2-11H,1H3,(H,28,29)(H2,25,26,27,32)/b9-5+. The molecular formula is C22H16Cl2N2O5S. The molecule has 0 aliphatic carbocycles. The monoisotopic (exact) mass is 490 g/mol. The third-order valence-electron chi connectivity index (χ3n) is 4.15. The van der Waals surface area contributed by atoms with E-state index in [1.807, 2.05) is 0 Å². The molecule has 0 atom stereocenters. The van der Waals surface area contributed by atoms with Gasteiger partial charge in [0.1, 0.15) is 17.3 Å². The fraction of sp³-hybridized carbons (Fsp3) is 0.0455. The van der Waals surface area contributed by atoms with Crippen molar-refractivity contribution in [1.29, 1.82) is 0 Å². The van der Waals surface area contributed by atoms with Gasteiger partial charge in [-0.2, -0.15) is 0 Å². The van der Waals surface area contributed by atoms with Gasteiger partial charge >= 0.3 is 5.97 Å². The van der Waals surface area contributed by atoms with Gasteiger partial charge in [-0.1, -0.05) is 23.2 Å². The minimum atomic E-state index is -1.11. The lowest BCUT2D eigenvalue weighted by Gasteiger charge is -2.12. The minimum absolute atomic E-state index is 0.0337. The van der Waals surface area contributed by atoms with Gasteiger partial charge in [0.15, 0.2) is 5.11 Å². The molecule has 32 heavy (non-hydrogen) atoms. The molecule has 7 nitrogen and oxygen atoms in total. The summed E-state index contributed by atoms with van der Waals surface area (Å²) in [7, 11) is 1.43. The molecular weight excluding hydrogens is 475 g/mol. The predicted molar refractivity (Wildman–Crippen MR) is 128 cm³/mol. The van der Waals surface area contributed by atoms with Crippen LogP contribution in [0.15, 0.2) is 59.0 Å². The number of thiocarbonyl (C=S) groups is 1. The molecule has 1 amide bonds. The zero-order chi connectivity index (χ0) is 23.3. The normalized spacial score (nSPS) is 10.7. The van der Waals surface area contributed by atoms with Gasteiger partial charge in [0.25, 0.3) is 0 Å². The minimum Gasteiger partial charge on any atom is -0.495 e. The van der Waals surface area contributed by atoms with Gasteiger partial charge in [-0.15, -0.1) is 0 Å². The number of hydrogen-bond donors (Lipinski definition) is 3. The number of carbonyl (C=O) groups is 2. The maximum Gasteiger partial charge on any atom is 0.335 e. The molecule has 0 saturated carbocycles.